The van der Waals surface area contributed by atoms with Crippen molar-refractivity contribution in [1.29, 1.82) is 0 Å². The largest absolute Gasteiger partial charge is 0.484 e. The SMILES string of the molecule is Cc1cccc(N2CCN(C(=O)COc3ccc(Oc4ccccn4)cc3)CC2)c1. The lowest BCUT2D eigenvalue weighted by Gasteiger charge is -2.36. The first-order valence-electron chi connectivity index (χ1n) is 10.1. The highest BCUT2D eigenvalue weighted by Crippen LogP contribution is 2.22. The number of benzene rings is 2. The van der Waals surface area contributed by atoms with Gasteiger partial charge in [0.2, 0.25) is 5.88 Å². The molecule has 2 heterocycles. The van der Waals surface area contributed by atoms with Gasteiger partial charge in [0, 0.05) is 44.1 Å². The van der Waals surface area contributed by atoms with E-state index in [-0.39, 0.29) is 12.5 Å². The second-order valence-electron chi connectivity index (χ2n) is 7.24. The van der Waals surface area contributed by atoms with Crippen LogP contribution in [0.5, 0.6) is 17.4 Å². The van der Waals surface area contributed by atoms with Gasteiger partial charge in [-0.15, -0.1) is 0 Å². The molecule has 1 aromatic heterocycles. The minimum Gasteiger partial charge on any atom is -0.484 e. The Morgan fingerprint density at radius 2 is 1.70 bits per heavy atom. The fourth-order valence-electron chi connectivity index (χ4n) is 3.41. The molecule has 1 fully saturated rings. The molecule has 4 rings (SSSR count). The Balaban J connectivity index is 1.24. The molecule has 2 aromatic carbocycles. The van der Waals surface area contributed by atoms with Gasteiger partial charge in [0.25, 0.3) is 5.91 Å². The zero-order valence-corrected chi connectivity index (χ0v) is 17.0. The quantitative estimate of drug-likeness (QED) is 0.625. The third kappa shape index (κ3) is 5.08. The van der Waals surface area contributed by atoms with Gasteiger partial charge in [-0.3, -0.25) is 4.79 Å². The van der Waals surface area contributed by atoms with Crippen LogP contribution in [0.15, 0.2) is 72.9 Å². The van der Waals surface area contributed by atoms with Crippen LogP contribution in [-0.2, 0) is 4.79 Å². The molecule has 3 aromatic rings. The molecule has 0 radical (unpaired) electrons. The molecule has 6 heteroatoms. The molecule has 0 unspecified atom stereocenters. The molecule has 1 aliphatic rings. The summed E-state index contributed by atoms with van der Waals surface area (Å²) in [6.45, 7) is 5.19. The topological polar surface area (TPSA) is 54.9 Å². The molecule has 0 spiro atoms. The minimum absolute atomic E-state index is 0.00713. The Labute approximate surface area is 176 Å². The van der Waals surface area contributed by atoms with Crippen LogP contribution in [0.2, 0.25) is 0 Å². The third-order valence-corrected chi connectivity index (χ3v) is 5.05. The molecule has 1 amide bonds. The second-order valence-corrected chi connectivity index (χ2v) is 7.24. The van der Waals surface area contributed by atoms with Crippen LogP contribution in [-0.4, -0.2) is 48.6 Å². The van der Waals surface area contributed by atoms with Gasteiger partial charge >= 0.3 is 0 Å². The van der Waals surface area contributed by atoms with Crippen molar-refractivity contribution >= 4 is 11.6 Å². The van der Waals surface area contributed by atoms with E-state index in [2.05, 4.69) is 41.1 Å². The lowest BCUT2D eigenvalue weighted by molar-refractivity contribution is -0.133. The number of rotatable bonds is 6. The molecule has 1 saturated heterocycles. The van der Waals surface area contributed by atoms with Gasteiger partial charge in [0.1, 0.15) is 11.5 Å². The summed E-state index contributed by atoms with van der Waals surface area (Å²) in [5, 5.41) is 0. The number of pyridine rings is 1. The van der Waals surface area contributed by atoms with Crippen molar-refractivity contribution in [2.24, 2.45) is 0 Å². The van der Waals surface area contributed by atoms with Gasteiger partial charge < -0.3 is 19.3 Å². The van der Waals surface area contributed by atoms with E-state index in [0.29, 0.717) is 30.5 Å². The lowest BCUT2D eigenvalue weighted by atomic mass is 10.2. The molecule has 30 heavy (non-hydrogen) atoms. The van der Waals surface area contributed by atoms with Crippen LogP contribution in [0.4, 0.5) is 5.69 Å². The minimum atomic E-state index is 0.00713. The number of carbonyl (C=O) groups excluding carboxylic acids is 1. The summed E-state index contributed by atoms with van der Waals surface area (Å²) in [5.74, 6) is 1.84. The fourth-order valence-corrected chi connectivity index (χ4v) is 3.41. The average Bonchev–Trinajstić information content (AvgIpc) is 2.79. The monoisotopic (exact) mass is 403 g/mol. The first kappa shape index (κ1) is 19.8. The van der Waals surface area contributed by atoms with Crippen molar-refractivity contribution in [3.05, 3.63) is 78.5 Å². The summed E-state index contributed by atoms with van der Waals surface area (Å²) in [6.07, 6.45) is 1.68. The zero-order valence-electron chi connectivity index (χ0n) is 17.0. The summed E-state index contributed by atoms with van der Waals surface area (Å²) in [5.41, 5.74) is 2.46. The number of anilines is 1. The molecule has 0 aliphatic carbocycles. The van der Waals surface area contributed by atoms with Gasteiger partial charge in [-0.05, 0) is 55.0 Å². The summed E-state index contributed by atoms with van der Waals surface area (Å²) in [7, 11) is 0. The number of hydrogen-bond acceptors (Lipinski definition) is 5. The van der Waals surface area contributed by atoms with E-state index in [1.807, 2.05) is 17.0 Å². The maximum absolute atomic E-state index is 12.5. The van der Waals surface area contributed by atoms with Crippen molar-refractivity contribution < 1.29 is 14.3 Å². The number of amides is 1. The second kappa shape index (κ2) is 9.31. The van der Waals surface area contributed by atoms with Crippen LogP contribution in [0, 0.1) is 6.92 Å². The summed E-state index contributed by atoms with van der Waals surface area (Å²) < 4.78 is 11.3. The smallest absolute Gasteiger partial charge is 0.260 e. The normalized spacial score (nSPS) is 13.8. The van der Waals surface area contributed by atoms with Gasteiger partial charge in [-0.2, -0.15) is 0 Å². The highest BCUT2D eigenvalue weighted by Gasteiger charge is 2.21. The van der Waals surface area contributed by atoms with Gasteiger partial charge in [-0.1, -0.05) is 18.2 Å². The highest BCUT2D eigenvalue weighted by molar-refractivity contribution is 5.78. The first-order valence-corrected chi connectivity index (χ1v) is 10.1. The zero-order chi connectivity index (χ0) is 20.8. The number of ether oxygens (including phenoxy) is 2. The van der Waals surface area contributed by atoms with Crippen molar-refractivity contribution in [2.45, 2.75) is 6.92 Å². The molecule has 0 bridgehead atoms. The highest BCUT2D eigenvalue weighted by atomic mass is 16.5. The van der Waals surface area contributed by atoms with Crippen molar-refractivity contribution in [3.63, 3.8) is 0 Å². The maximum atomic E-state index is 12.5. The number of aromatic nitrogens is 1. The number of hydrogen-bond donors (Lipinski definition) is 0. The summed E-state index contributed by atoms with van der Waals surface area (Å²) >= 11 is 0. The molecule has 0 atom stereocenters. The molecule has 1 aliphatic heterocycles. The number of carbonyl (C=O) groups is 1. The summed E-state index contributed by atoms with van der Waals surface area (Å²) in [4.78, 5) is 20.8. The fraction of sp³-hybridized carbons (Fsp3) is 0.250. The Morgan fingerprint density at radius 1 is 0.933 bits per heavy atom. The van der Waals surface area contributed by atoms with Gasteiger partial charge in [0.05, 0.1) is 0 Å². The predicted octanol–water partition coefficient (Wildman–Crippen LogP) is 3.91. The van der Waals surface area contributed by atoms with E-state index >= 15 is 0 Å². The number of aryl methyl sites for hydroxylation is 1. The van der Waals surface area contributed by atoms with E-state index < -0.39 is 0 Å². The Morgan fingerprint density at radius 3 is 2.40 bits per heavy atom. The van der Waals surface area contributed by atoms with Crippen LogP contribution in [0.3, 0.4) is 0 Å². The molecular weight excluding hydrogens is 378 g/mol. The van der Waals surface area contributed by atoms with Crippen LogP contribution < -0.4 is 14.4 Å². The molecule has 0 saturated carbocycles. The molecular formula is C24H25N3O3. The Hall–Kier alpha value is -3.54. The van der Waals surface area contributed by atoms with Crippen LogP contribution >= 0.6 is 0 Å². The van der Waals surface area contributed by atoms with E-state index in [0.717, 1.165) is 13.1 Å². The molecule has 6 nitrogen and oxygen atoms in total. The standard InChI is InChI=1S/C24H25N3O3/c1-19-5-4-6-20(17-19)26-13-15-27(16-14-26)24(28)18-29-21-8-10-22(11-9-21)30-23-7-2-3-12-25-23/h2-12,17H,13-16,18H2,1H3. The van der Waals surface area contributed by atoms with E-state index in [4.69, 9.17) is 9.47 Å². The average molecular weight is 403 g/mol. The van der Waals surface area contributed by atoms with Crippen LogP contribution in [0.1, 0.15) is 5.56 Å². The maximum Gasteiger partial charge on any atom is 0.260 e. The first-order chi connectivity index (χ1) is 14.7. The Kier molecular flexibility index (Phi) is 6.13. The summed E-state index contributed by atoms with van der Waals surface area (Å²) in [6, 6.07) is 21.2. The van der Waals surface area contributed by atoms with Gasteiger partial charge in [-0.25, -0.2) is 4.98 Å². The van der Waals surface area contributed by atoms with Crippen molar-refractivity contribution in [1.82, 2.24) is 9.88 Å². The van der Waals surface area contributed by atoms with E-state index in [1.165, 1.54) is 11.3 Å². The predicted molar refractivity (Wildman–Crippen MR) is 116 cm³/mol. The van der Waals surface area contributed by atoms with E-state index in [9.17, 15) is 4.79 Å². The van der Waals surface area contributed by atoms with Gasteiger partial charge in [0.15, 0.2) is 6.61 Å². The third-order valence-electron chi connectivity index (χ3n) is 5.05. The van der Waals surface area contributed by atoms with Crippen molar-refractivity contribution in [3.8, 4) is 17.4 Å². The lowest BCUT2D eigenvalue weighted by Crippen LogP contribution is -2.50. The van der Waals surface area contributed by atoms with Crippen molar-refractivity contribution in [2.75, 3.05) is 37.7 Å². The molecule has 154 valence electrons. The molecule has 0 N–H and O–H groups in total. The Bertz CT molecular complexity index is 969. The van der Waals surface area contributed by atoms with E-state index in [1.54, 1.807) is 36.5 Å². The number of piperazine rings is 1. The van der Waals surface area contributed by atoms with Crippen LogP contribution in [0.25, 0.3) is 0 Å². The number of nitrogens with zero attached hydrogens (tertiary/aromatic N) is 3.